The second kappa shape index (κ2) is 6.45. The molecule has 0 bridgehead atoms. The summed E-state index contributed by atoms with van der Waals surface area (Å²) in [5, 5.41) is 10.7. The molecule has 0 N–H and O–H groups in total. The van der Waals surface area contributed by atoms with Gasteiger partial charge in [0.1, 0.15) is 5.78 Å². The predicted molar refractivity (Wildman–Crippen MR) is 79.5 cm³/mol. The summed E-state index contributed by atoms with van der Waals surface area (Å²) in [6.45, 7) is 4.10. The van der Waals surface area contributed by atoms with Gasteiger partial charge in [-0.3, -0.25) is 19.8 Å². The first-order valence-electron chi connectivity index (χ1n) is 6.63. The number of benzene rings is 1. The van der Waals surface area contributed by atoms with Gasteiger partial charge in [-0.05, 0) is 37.9 Å². The standard InChI is InChI=1S/C14H17BrN2O3/c1-10(18)11-3-2-6-16(8-11)9-12-4-5-13(17(19)20)7-14(12)15/h4-5,7,11H,2-3,6,8-9H2,1H3. The summed E-state index contributed by atoms with van der Waals surface area (Å²) in [5.41, 5.74) is 1.10. The average molecular weight is 341 g/mol. The molecule has 1 saturated heterocycles. The Morgan fingerprint density at radius 1 is 1.55 bits per heavy atom. The summed E-state index contributed by atoms with van der Waals surface area (Å²) in [4.78, 5) is 24.0. The molecule has 1 aromatic rings. The maximum absolute atomic E-state index is 11.5. The minimum Gasteiger partial charge on any atom is -0.300 e. The maximum atomic E-state index is 11.5. The number of Topliss-reactive ketones (excluding diaryl/α,β-unsaturated/α-hetero) is 1. The molecule has 0 spiro atoms. The van der Waals surface area contributed by atoms with Crippen molar-refractivity contribution < 1.29 is 9.72 Å². The Morgan fingerprint density at radius 3 is 2.90 bits per heavy atom. The van der Waals surface area contributed by atoms with Gasteiger partial charge in [0, 0.05) is 35.6 Å². The number of hydrogen-bond donors (Lipinski definition) is 0. The molecule has 1 heterocycles. The monoisotopic (exact) mass is 340 g/mol. The van der Waals surface area contributed by atoms with Gasteiger partial charge in [-0.25, -0.2) is 0 Å². The van der Waals surface area contributed by atoms with E-state index in [4.69, 9.17) is 0 Å². The Labute approximate surface area is 126 Å². The van der Waals surface area contributed by atoms with E-state index in [1.807, 2.05) is 0 Å². The van der Waals surface area contributed by atoms with Gasteiger partial charge in [-0.2, -0.15) is 0 Å². The highest BCUT2D eigenvalue weighted by Crippen LogP contribution is 2.26. The van der Waals surface area contributed by atoms with Gasteiger partial charge in [0.15, 0.2) is 0 Å². The van der Waals surface area contributed by atoms with E-state index in [1.165, 1.54) is 12.1 Å². The molecule has 108 valence electrons. The minimum atomic E-state index is -0.402. The number of carbonyl (C=O) groups is 1. The fourth-order valence-electron chi connectivity index (χ4n) is 2.55. The molecule has 1 unspecified atom stereocenters. The van der Waals surface area contributed by atoms with Crippen LogP contribution < -0.4 is 0 Å². The Bertz CT molecular complexity index is 533. The minimum absolute atomic E-state index is 0.0841. The van der Waals surface area contributed by atoms with Gasteiger partial charge in [0.05, 0.1) is 4.92 Å². The van der Waals surface area contributed by atoms with Crippen LogP contribution in [0.3, 0.4) is 0 Å². The van der Waals surface area contributed by atoms with Crippen LogP contribution in [-0.2, 0) is 11.3 Å². The van der Waals surface area contributed by atoms with Crippen molar-refractivity contribution in [1.82, 2.24) is 4.90 Å². The molecule has 0 saturated carbocycles. The lowest BCUT2D eigenvalue weighted by Gasteiger charge is -2.31. The number of nitrogens with zero attached hydrogens (tertiary/aromatic N) is 2. The fourth-order valence-corrected chi connectivity index (χ4v) is 3.04. The number of hydrogen-bond acceptors (Lipinski definition) is 4. The van der Waals surface area contributed by atoms with Crippen LogP contribution in [0.5, 0.6) is 0 Å². The zero-order chi connectivity index (χ0) is 14.7. The van der Waals surface area contributed by atoms with Gasteiger partial charge in [-0.15, -0.1) is 0 Å². The van der Waals surface area contributed by atoms with Gasteiger partial charge in [-0.1, -0.05) is 15.9 Å². The van der Waals surface area contributed by atoms with E-state index >= 15 is 0 Å². The van der Waals surface area contributed by atoms with E-state index in [9.17, 15) is 14.9 Å². The quantitative estimate of drug-likeness (QED) is 0.623. The van der Waals surface area contributed by atoms with E-state index in [1.54, 1.807) is 13.0 Å². The molecule has 20 heavy (non-hydrogen) atoms. The number of nitro benzene ring substituents is 1. The number of nitro groups is 1. The largest absolute Gasteiger partial charge is 0.300 e. The van der Waals surface area contributed by atoms with Crippen LogP contribution in [0.2, 0.25) is 0 Å². The second-order valence-corrected chi connectivity index (χ2v) is 6.07. The summed E-state index contributed by atoms with van der Waals surface area (Å²) in [6, 6.07) is 4.83. The number of halogens is 1. The van der Waals surface area contributed by atoms with Crippen molar-refractivity contribution in [2.45, 2.75) is 26.3 Å². The first kappa shape index (κ1) is 15.1. The summed E-state index contributed by atoms with van der Waals surface area (Å²) < 4.78 is 0.747. The third kappa shape index (κ3) is 3.64. The molecule has 1 atom stereocenters. The zero-order valence-corrected chi connectivity index (χ0v) is 12.9. The van der Waals surface area contributed by atoms with Gasteiger partial charge in [0.2, 0.25) is 0 Å². The molecule has 0 radical (unpaired) electrons. The summed E-state index contributed by atoms with van der Waals surface area (Å²) >= 11 is 3.39. The van der Waals surface area contributed by atoms with Crippen molar-refractivity contribution in [2.24, 2.45) is 5.92 Å². The second-order valence-electron chi connectivity index (χ2n) is 5.22. The molecule has 0 aromatic heterocycles. The van der Waals surface area contributed by atoms with Crippen molar-refractivity contribution in [2.75, 3.05) is 13.1 Å². The van der Waals surface area contributed by atoms with Crippen LogP contribution in [0.1, 0.15) is 25.3 Å². The fraction of sp³-hybridized carbons (Fsp3) is 0.500. The molecule has 1 aliphatic rings. The first-order valence-corrected chi connectivity index (χ1v) is 7.42. The Kier molecular flexibility index (Phi) is 4.88. The highest BCUT2D eigenvalue weighted by Gasteiger charge is 2.23. The summed E-state index contributed by atoms with van der Waals surface area (Å²) in [5.74, 6) is 0.373. The molecule has 6 heteroatoms. The van der Waals surface area contributed by atoms with Crippen LogP contribution in [-0.4, -0.2) is 28.7 Å². The number of rotatable bonds is 4. The molecular weight excluding hydrogens is 324 g/mol. The lowest BCUT2D eigenvalue weighted by atomic mass is 9.94. The lowest BCUT2D eigenvalue weighted by Crippen LogP contribution is -2.37. The van der Waals surface area contributed by atoms with E-state index in [0.717, 1.165) is 36.0 Å². The smallest absolute Gasteiger partial charge is 0.270 e. The third-order valence-corrected chi connectivity index (χ3v) is 4.46. The van der Waals surface area contributed by atoms with E-state index in [0.29, 0.717) is 6.54 Å². The van der Waals surface area contributed by atoms with Gasteiger partial charge >= 0.3 is 0 Å². The number of carbonyl (C=O) groups excluding carboxylic acids is 1. The molecular formula is C14H17BrN2O3. The molecule has 2 rings (SSSR count). The number of non-ortho nitro benzene ring substituents is 1. The first-order chi connectivity index (χ1) is 9.47. The van der Waals surface area contributed by atoms with Crippen LogP contribution in [0, 0.1) is 16.0 Å². The van der Waals surface area contributed by atoms with Crippen LogP contribution in [0.15, 0.2) is 22.7 Å². The van der Waals surface area contributed by atoms with E-state index in [2.05, 4.69) is 20.8 Å². The highest BCUT2D eigenvalue weighted by atomic mass is 79.9. The number of likely N-dealkylation sites (tertiary alicyclic amines) is 1. The SMILES string of the molecule is CC(=O)C1CCCN(Cc2ccc([N+](=O)[O-])cc2Br)C1. The molecule has 0 aliphatic carbocycles. The maximum Gasteiger partial charge on any atom is 0.270 e. The molecule has 5 nitrogen and oxygen atoms in total. The number of piperidine rings is 1. The van der Waals surface area contributed by atoms with Crippen LogP contribution >= 0.6 is 15.9 Å². The van der Waals surface area contributed by atoms with Crippen molar-refractivity contribution in [3.63, 3.8) is 0 Å². The Balaban J connectivity index is 2.06. The van der Waals surface area contributed by atoms with Crippen LogP contribution in [0.25, 0.3) is 0 Å². The molecule has 1 aromatic carbocycles. The summed E-state index contributed by atoms with van der Waals surface area (Å²) in [7, 11) is 0. The normalized spacial score (nSPS) is 19.8. The molecule has 1 fully saturated rings. The topological polar surface area (TPSA) is 63.5 Å². The van der Waals surface area contributed by atoms with Crippen molar-refractivity contribution in [1.29, 1.82) is 0 Å². The Morgan fingerprint density at radius 2 is 2.30 bits per heavy atom. The highest BCUT2D eigenvalue weighted by molar-refractivity contribution is 9.10. The summed E-state index contributed by atoms with van der Waals surface area (Å²) in [6.07, 6.45) is 1.99. The molecule has 1 aliphatic heterocycles. The van der Waals surface area contributed by atoms with E-state index < -0.39 is 4.92 Å². The Hall–Kier alpha value is -1.27. The lowest BCUT2D eigenvalue weighted by molar-refractivity contribution is -0.384. The number of ketones is 1. The van der Waals surface area contributed by atoms with E-state index in [-0.39, 0.29) is 17.4 Å². The van der Waals surface area contributed by atoms with Crippen molar-refractivity contribution in [3.8, 4) is 0 Å². The third-order valence-electron chi connectivity index (χ3n) is 3.72. The predicted octanol–water partition coefficient (Wildman–Crippen LogP) is 3.16. The van der Waals surface area contributed by atoms with Crippen molar-refractivity contribution >= 4 is 27.4 Å². The van der Waals surface area contributed by atoms with Gasteiger partial charge < -0.3 is 0 Å². The zero-order valence-electron chi connectivity index (χ0n) is 11.3. The van der Waals surface area contributed by atoms with Crippen LogP contribution in [0.4, 0.5) is 5.69 Å². The average Bonchev–Trinajstić information content (AvgIpc) is 2.41. The van der Waals surface area contributed by atoms with Crippen molar-refractivity contribution in [3.05, 3.63) is 38.3 Å². The molecule has 0 amide bonds. The van der Waals surface area contributed by atoms with Gasteiger partial charge in [0.25, 0.3) is 5.69 Å².